The number of thiazole rings is 1. The molecule has 158 valence electrons. The van der Waals surface area contributed by atoms with Gasteiger partial charge < -0.3 is 14.5 Å². The molecule has 0 radical (unpaired) electrons. The normalized spacial score (nSPS) is 18.1. The van der Waals surface area contributed by atoms with Crippen LogP contribution in [0.5, 0.6) is 5.75 Å². The van der Waals surface area contributed by atoms with Gasteiger partial charge in [0, 0.05) is 43.5 Å². The van der Waals surface area contributed by atoms with Crippen LogP contribution >= 0.6 is 11.3 Å². The van der Waals surface area contributed by atoms with E-state index in [1.807, 2.05) is 4.90 Å². The molecule has 2 aliphatic rings. The SMILES string of the molecule is COc1ccc(C(=O)Nc2nc3c(s2)CC[C@@H]3C(=O)N2CCN(C(C)=O)CC2)cc1. The third kappa shape index (κ3) is 4.02. The first-order valence-electron chi connectivity index (χ1n) is 9.95. The average Bonchev–Trinajstić information content (AvgIpc) is 3.33. The molecule has 2 heterocycles. The summed E-state index contributed by atoms with van der Waals surface area (Å²) in [5.74, 6) is 0.280. The molecule has 2 aromatic rings. The van der Waals surface area contributed by atoms with Crippen LogP contribution < -0.4 is 10.1 Å². The number of methoxy groups -OCH3 is 1. The summed E-state index contributed by atoms with van der Waals surface area (Å²) in [6, 6.07) is 6.86. The van der Waals surface area contributed by atoms with Crippen molar-refractivity contribution in [1.82, 2.24) is 14.8 Å². The molecule has 1 aromatic carbocycles. The Morgan fingerprint density at radius 1 is 1.10 bits per heavy atom. The summed E-state index contributed by atoms with van der Waals surface area (Å²) in [6.07, 6.45) is 1.53. The van der Waals surface area contributed by atoms with E-state index < -0.39 is 0 Å². The van der Waals surface area contributed by atoms with Gasteiger partial charge in [-0.25, -0.2) is 4.98 Å². The Morgan fingerprint density at radius 2 is 1.77 bits per heavy atom. The van der Waals surface area contributed by atoms with E-state index in [1.165, 1.54) is 11.3 Å². The highest BCUT2D eigenvalue weighted by molar-refractivity contribution is 7.16. The Hall–Kier alpha value is -2.94. The van der Waals surface area contributed by atoms with Crippen LogP contribution in [0.1, 0.15) is 40.2 Å². The molecular weight excluding hydrogens is 404 g/mol. The topological polar surface area (TPSA) is 91.8 Å². The number of carbonyl (C=O) groups excluding carboxylic acids is 3. The number of aromatic nitrogens is 1. The zero-order valence-electron chi connectivity index (χ0n) is 17.0. The summed E-state index contributed by atoms with van der Waals surface area (Å²) in [5, 5.41) is 3.35. The number of aryl methyl sites for hydroxylation is 1. The molecule has 1 aromatic heterocycles. The number of fused-ring (bicyclic) bond motifs is 1. The molecule has 0 unspecified atom stereocenters. The van der Waals surface area contributed by atoms with Crippen molar-refractivity contribution in [3.63, 3.8) is 0 Å². The van der Waals surface area contributed by atoms with E-state index in [9.17, 15) is 14.4 Å². The van der Waals surface area contributed by atoms with Crippen molar-refractivity contribution in [2.45, 2.75) is 25.7 Å². The van der Waals surface area contributed by atoms with Gasteiger partial charge in [0.1, 0.15) is 5.75 Å². The summed E-state index contributed by atoms with van der Waals surface area (Å²) in [5.41, 5.74) is 1.30. The first kappa shape index (κ1) is 20.3. The molecule has 1 atom stereocenters. The monoisotopic (exact) mass is 428 g/mol. The molecule has 9 heteroatoms. The molecule has 1 N–H and O–H groups in total. The largest absolute Gasteiger partial charge is 0.497 e. The number of hydrogen-bond acceptors (Lipinski definition) is 6. The Bertz CT molecular complexity index is 964. The van der Waals surface area contributed by atoms with Gasteiger partial charge in [-0.1, -0.05) is 0 Å². The quantitative estimate of drug-likeness (QED) is 0.806. The molecule has 0 bridgehead atoms. The highest BCUT2D eigenvalue weighted by atomic mass is 32.1. The van der Waals surface area contributed by atoms with Crippen molar-refractivity contribution in [3.05, 3.63) is 40.4 Å². The van der Waals surface area contributed by atoms with Gasteiger partial charge >= 0.3 is 0 Å². The smallest absolute Gasteiger partial charge is 0.257 e. The average molecular weight is 429 g/mol. The molecule has 1 fully saturated rings. The van der Waals surface area contributed by atoms with E-state index in [0.29, 0.717) is 42.6 Å². The molecule has 8 nitrogen and oxygen atoms in total. The fourth-order valence-electron chi connectivity index (χ4n) is 3.89. The zero-order valence-corrected chi connectivity index (χ0v) is 17.8. The maximum Gasteiger partial charge on any atom is 0.257 e. The van der Waals surface area contributed by atoms with E-state index >= 15 is 0 Å². The van der Waals surface area contributed by atoms with Crippen LogP contribution in [0, 0.1) is 0 Å². The fraction of sp³-hybridized carbons (Fsp3) is 0.429. The lowest BCUT2D eigenvalue weighted by Gasteiger charge is -2.35. The number of anilines is 1. The van der Waals surface area contributed by atoms with Gasteiger partial charge in [0.05, 0.1) is 18.7 Å². The minimum Gasteiger partial charge on any atom is -0.497 e. The first-order chi connectivity index (χ1) is 14.5. The number of benzene rings is 1. The zero-order chi connectivity index (χ0) is 21.3. The van der Waals surface area contributed by atoms with Crippen molar-refractivity contribution >= 4 is 34.2 Å². The van der Waals surface area contributed by atoms with Gasteiger partial charge in [0.25, 0.3) is 5.91 Å². The number of hydrogen-bond donors (Lipinski definition) is 1. The van der Waals surface area contributed by atoms with Crippen molar-refractivity contribution in [1.29, 1.82) is 0 Å². The maximum atomic E-state index is 13.0. The fourth-order valence-corrected chi connectivity index (χ4v) is 4.93. The maximum absolute atomic E-state index is 13.0. The second-order valence-electron chi connectivity index (χ2n) is 7.43. The molecule has 1 aliphatic heterocycles. The summed E-state index contributed by atoms with van der Waals surface area (Å²) in [4.78, 5) is 46.3. The Morgan fingerprint density at radius 3 is 2.40 bits per heavy atom. The van der Waals surface area contributed by atoms with E-state index in [0.717, 1.165) is 23.4 Å². The minimum atomic E-state index is -0.272. The van der Waals surface area contributed by atoms with Crippen molar-refractivity contribution in [3.8, 4) is 5.75 Å². The highest BCUT2D eigenvalue weighted by Gasteiger charge is 2.36. The van der Waals surface area contributed by atoms with Crippen molar-refractivity contribution in [2.24, 2.45) is 0 Å². The van der Waals surface area contributed by atoms with Gasteiger partial charge in [0.15, 0.2) is 5.13 Å². The predicted octanol–water partition coefficient (Wildman–Crippen LogP) is 2.12. The number of rotatable bonds is 4. The number of amides is 3. The van der Waals surface area contributed by atoms with Crippen molar-refractivity contribution in [2.75, 3.05) is 38.6 Å². The second-order valence-corrected chi connectivity index (χ2v) is 8.52. The molecular formula is C21H24N4O4S. The second kappa shape index (κ2) is 8.43. The lowest BCUT2D eigenvalue weighted by Crippen LogP contribution is -2.51. The third-order valence-corrected chi connectivity index (χ3v) is 6.67. The summed E-state index contributed by atoms with van der Waals surface area (Å²) >= 11 is 1.43. The number of ether oxygens (including phenoxy) is 1. The lowest BCUT2D eigenvalue weighted by atomic mass is 10.1. The summed E-state index contributed by atoms with van der Waals surface area (Å²) in [7, 11) is 1.58. The molecule has 3 amide bonds. The van der Waals surface area contributed by atoms with Gasteiger partial charge in [-0.3, -0.25) is 19.7 Å². The van der Waals surface area contributed by atoms with Crippen LogP contribution in [-0.2, 0) is 16.0 Å². The number of nitrogens with one attached hydrogen (secondary N) is 1. The van der Waals surface area contributed by atoms with Crippen molar-refractivity contribution < 1.29 is 19.1 Å². The molecule has 30 heavy (non-hydrogen) atoms. The van der Waals surface area contributed by atoms with Crippen LogP contribution in [0.2, 0.25) is 0 Å². The summed E-state index contributed by atoms with van der Waals surface area (Å²) < 4.78 is 5.11. The van der Waals surface area contributed by atoms with Gasteiger partial charge in [-0.15, -0.1) is 11.3 Å². The van der Waals surface area contributed by atoms with Crippen LogP contribution in [0.15, 0.2) is 24.3 Å². The van der Waals surface area contributed by atoms with Crippen LogP contribution in [0.4, 0.5) is 5.13 Å². The van der Waals surface area contributed by atoms with Crippen LogP contribution in [0.3, 0.4) is 0 Å². The molecule has 1 aliphatic carbocycles. The predicted molar refractivity (Wildman–Crippen MR) is 113 cm³/mol. The summed E-state index contributed by atoms with van der Waals surface area (Å²) in [6.45, 7) is 3.80. The van der Waals surface area contributed by atoms with E-state index in [4.69, 9.17) is 4.74 Å². The van der Waals surface area contributed by atoms with Crippen LogP contribution in [-0.4, -0.2) is 65.8 Å². The first-order valence-corrected chi connectivity index (χ1v) is 10.8. The Labute approximate surface area is 178 Å². The third-order valence-electron chi connectivity index (χ3n) is 5.63. The van der Waals surface area contributed by atoms with E-state index in [-0.39, 0.29) is 23.6 Å². The minimum absolute atomic E-state index is 0.0435. The molecule has 1 saturated heterocycles. The number of piperazine rings is 1. The number of nitrogens with zero attached hydrogens (tertiary/aromatic N) is 3. The van der Waals surface area contributed by atoms with Gasteiger partial charge in [-0.2, -0.15) is 0 Å². The Kier molecular flexibility index (Phi) is 5.72. The van der Waals surface area contributed by atoms with Gasteiger partial charge in [-0.05, 0) is 37.1 Å². The Balaban J connectivity index is 1.41. The standard InChI is InChI=1S/C21H24N4O4S/c1-13(26)24-9-11-25(12-10-24)20(28)16-7-8-17-18(16)22-21(30-17)23-19(27)14-3-5-15(29-2)6-4-14/h3-6,16H,7-12H2,1-2H3,(H,22,23,27)/t16-/m0/s1. The van der Waals surface area contributed by atoms with E-state index in [1.54, 1.807) is 43.2 Å². The lowest BCUT2D eigenvalue weighted by molar-refractivity contribution is -0.139. The number of carbonyl (C=O) groups is 3. The molecule has 0 spiro atoms. The van der Waals surface area contributed by atoms with Crippen LogP contribution in [0.25, 0.3) is 0 Å². The van der Waals surface area contributed by atoms with Gasteiger partial charge in [0.2, 0.25) is 11.8 Å². The highest BCUT2D eigenvalue weighted by Crippen LogP contribution is 2.39. The molecule has 0 saturated carbocycles. The molecule has 4 rings (SSSR count). The van der Waals surface area contributed by atoms with E-state index in [2.05, 4.69) is 10.3 Å².